The average molecular weight is 275 g/mol. The van der Waals surface area contributed by atoms with Gasteiger partial charge in [0.15, 0.2) is 0 Å². The second-order valence-electron chi connectivity index (χ2n) is 6.10. The Morgan fingerprint density at radius 1 is 1.00 bits per heavy atom. The number of carbonyl (C=O) groups is 1. The van der Waals surface area contributed by atoms with Crippen LogP contribution in [-0.4, -0.2) is 11.7 Å². The van der Waals surface area contributed by atoms with Gasteiger partial charge in [0.1, 0.15) is 5.60 Å². The van der Waals surface area contributed by atoms with E-state index < -0.39 is 5.60 Å². The fraction of sp³-hybridized carbons (Fsp3) is 0.588. The first-order valence-electron chi connectivity index (χ1n) is 7.64. The number of hydrogen-bond acceptors (Lipinski definition) is 2. The van der Waals surface area contributed by atoms with Crippen LogP contribution >= 0.6 is 0 Å². The van der Waals surface area contributed by atoms with E-state index in [1.165, 1.54) is 38.5 Å². The second kappa shape index (κ2) is 6.78. The van der Waals surface area contributed by atoms with Crippen LogP contribution in [0.3, 0.4) is 0 Å². The predicted molar refractivity (Wildman–Crippen MR) is 80.6 cm³/mol. The van der Waals surface area contributed by atoms with Gasteiger partial charge >= 0.3 is 6.09 Å². The molecule has 1 heterocycles. The van der Waals surface area contributed by atoms with E-state index in [1.807, 2.05) is 44.2 Å². The third-order valence-electron chi connectivity index (χ3n) is 3.95. The van der Waals surface area contributed by atoms with Crippen molar-refractivity contribution in [2.45, 2.75) is 64.0 Å². The van der Waals surface area contributed by atoms with Crippen molar-refractivity contribution in [3.63, 3.8) is 0 Å². The van der Waals surface area contributed by atoms with Crippen LogP contribution in [0.5, 0.6) is 0 Å². The van der Waals surface area contributed by atoms with E-state index in [-0.39, 0.29) is 12.1 Å². The van der Waals surface area contributed by atoms with Crippen LogP contribution in [0, 0.1) is 0 Å². The average Bonchev–Trinajstić information content (AvgIpc) is 2.75. The van der Waals surface area contributed by atoms with Gasteiger partial charge in [-0.25, -0.2) is 4.79 Å². The van der Waals surface area contributed by atoms with Crippen molar-refractivity contribution in [1.82, 2.24) is 5.32 Å². The van der Waals surface area contributed by atoms with Crippen molar-refractivity contribution in [2.75, 3.05) is 0 Å². The zero-order valence-electron chi connectivity index (χ0n) is 12.5. The Labute approximate surface area is 121 Å². The zero-order chi connectivity index (χ0) is 14.4. The molecule has 0 unspecified atom stereocenters. The molecule has 1 aromatic rings. The monoisotopic (exact) mass is 275 g/mol. The van der Waals surface area contributed by atoms with Crippen molar-refractivity contribution in [3.05, 3.63) is 35.9 Å². The molecule has 0 spiro atoms. The van der Waals surface area contributed by atoms with Crippen LogP contribution in [0.1, 0.15) is 64.0 Å². The number of ether oxygens (including phenoxy) is 1. The first-order valence-corrected chi connectivity index (χ1v) is 7.64. The summed E-state index contributed by atoms with van der Waals surface area (Å²) in [6, 6.07) is 9.78. The summed E-state index contributed by atoms with van der Waals surface area (Å²) in [4.78, 5) is 11.1. The minimum atomic E-state index is -0.474. The second-order valence-corrected chi connectivity index (χ2v) is 6.10. The molecule has 110 valence electrons. The minimum absolute atomic E-state index is 0.0591. The van der Waals surface area contributed by atoms with Gasteiger partial charge in [-0.05, 0) is 19.4 Å². The van der Waals surface area contributed by atoms with Crippen molar-refractivity contribution >= 4 is 6.09 Å². The summed E-state index contributed by atoms with van der Waals surface area (Å²) in [6.07, 6.45) is 8.66. The van der Waals surface area contributed by atoms with Gasteiger partial charge < -0.3 is 10.1 Å². The number of carbonyl (C=O) groups excluding carboxylic acids is 1. The molecule has 20 heavy (non-hydrogen) atoms. The van der Waals surface area contributed by atoms with E-state index in [0.29, 0.717) is 0 Å². The Balaban J connectivity index is 0.000000205. The van der Waals surface area contributed by atoms with Crippen molar-refractivity contribution in [1.29, 1.82) is 0 Å². The molecule has 1 saturated heterocycles. The number of hydrogen-bond donors (Lipinski definition) is 1. The Bertz CT molecular complexity index is 412. The predicted octanol–water partition coefficient (Wildman–Crippen LogP) is 4.59. The molecule has 1 aromatic carbocycles. The van der Waals surface area contributed by atoms with Crippen molar-refractivity contribution in [2.24, 2.45) is 0 Å². The zero-order valence-corrected chi connectivity index (χ0v) is 12.5. The Hall–Kier alpha value is -1.51. The fourth-order valence-corrected chi connectivity index (χ4v) is 2.81. The summed E-state index contributed by atoms with van der Waals surface area (Å²) in [5.74, 6) is 0. The van der Waals surface area contributed by atoms with Gasteiger partial charge in [-0.2, -0.15) is 0 Å². The molecule has 1 aliphatic carbocycles. The first-order chi connectivity index (χ1) is 9.59. The van der Waals surface area contributed by atoms with Crippen molar-refractivity contribution < 1.29 is 9.53 Å². The van der Waals surface area contributed by atoms with E-state index in [2.05, 4.69) is 5.32 Å². The lowest BCUT2D eigenvalue weighted by molar-refractivity contribution is 0.0684. The summed E-state index contributed by atoms with van der Waals surface area (Å²) >= 11 is 0. The molecule has 0 bridgehead atoms. The van der Waals surface area contributed by atoms with Crippen LogP contribution in [0.2, 0.25) is 0 Å². The number of cyclic esters (lactones) is 1. The molecule has 3 nitrogen and oxygen atoms in total. The molecule has 3 heteroatoms. The molecule has 1 atom stereocenters. The number of alkyl carbamates (subject to hydrolysis) is 1. The third kappa shape index (κ3) is 3.99. The fourth-order valence-electron chi connectivity index (χ4n) is 2.81. The molecule has 1 saturated carbocycles. The molecular formula is C17H25NO2. The van der Waals surface area contributed by atoms with Crippen LogP contribution in [0.4, 0.5) is 4.79 Å². The summed E-state index contributed by atoms with van der Waals surface area (Å²) in [7, 11) is 0. The highest BCUT2D eigenvalue weighted by Crippen LogP contribution is 2.33. The highest BCUT2D eigenvalue weighted by atomic mass is 16.6. The quantitative estimate of drug-likeness (QED) is 0.814. The number of benzene rings is 1. The van der Waals surface area contributed by atoms with E-state index in [4.69, 9.17) is 4.74 Å². The van der Waals surface area contributed by atoms with Crippen LogP contribution in [0.25, 0.3) is 0 Å². The molecule has 0 radical (unpaired) electrons. The maximum Gasteiger partial charge on any atom is 0.408 e. The van der Waals surface area contributed by atoms with Gasteiger partial charge in [0.25, 0.3) is 0 Å². The maximum absolute atomic E-state index is 11.1. The van der Waals surface area contributed by atoms with Gasteiger partial charge in [-0.1, -0.05) is 68.9 Å². The van der Waals surface area contributed by atoms with Crippen LogP contribution in [0.15, 0.2) is 30.3 Å². The van der Waals surface area contributed by atoms with Crippen LogP contribution < -0.4 is 5.32 Å². The third-order valence-corrected chi connectivity index (χ3v) is 3.95. The summed E-state index contributed by atoms with van der Waals surface area (Å²) in [5, 5.41) is 2.80. The number of amides is 1. The summed E-state index contributed by atoms with van der Waals surface area (Å²) < 4.78 is 5.17. The lowest BCUT2D eigenvalue weighted by atomic mass is 9.93. The molecule has 2 aliphatic rings. The Kier molecular flexibility index (Phi) is 5.05. The van der Waals surface area contributed by atoms with E-state index in [1.54, 1.807) is 0 Å². The van der Waals surface area contributed by atoms with Gasteiger partial charge in [-0.3, -0.25) is 0 Å². The minimum Gasteiger partial charge on any atom is -0.441 e. The molecule has 3 rings (SSSR count). The first kappa shape index (κ1) is 14.9. The summed E-state index contributed by atoms with van der Waals surface area (Å²) in [5.41, 5.74) is 0.599. The SMILES string of the molecule is C1CCCCC1.CC1(C)OC(=O)N[C@H]1c1ccccc1. The molecule has 1 amide bonds. The largest absolute Gasteiger partial charge is 0.441 e. The maximum atomic E-state index is 11.1. The lowest BCUT2D eigenvalue weighted by Gasteiger charge is -2.23. The van der Waals surface area contributed by atoms with Crippen LogP contribution in [-0.2, 0) is 4.74 Å². The molecule has 1 N–H and O–H groups in total. The molecule has 0 aromatic heterocycles. The highest BCUT2D eigenvalue weighted by molar-refractivity contribution is 5.71. The number of rotatable bonds is 1. The van der Waals surface area contributed by atoms with Gasteiger partial charge in [0.05, 0.1) is 6.04 Å². The van der Waals surface area contributed by atoms with Gasteiger partial charge in [-0.15, -0.1) is 0 Å². The smallest absolute Gasteiger partial charge is 0.408 e. The molecule has 1 aliphatic heterocycles. The lowest BCUT2D eigenvalue weighted by Crippen LogP contribution is -2.29. The standard InChI is InChI=1S/C11H13NO2.C6H12/c1-11(2)9(12-10(13)14-11)8-6-4-3-5-7-8;1-2-4-6-5-3-1/h3-7,9H,1-2H3,(H,12,13);1-6H2/t9-;/m0./s1. The van der Waals surface area contributed by atoms with E-state index in [9.17, 15) is 4.79 Å². The van der Waals surface area contributed by atoms with Crippen molar-refractivity contribution in [3.8, 4) is 0 Å². The molecule has 2 fully saturated rings. The molecular weight excluding hydrogens is 250 g/mol. The number of nitrogens with one attached hydrogen (secondary N) is 1. The van der Waals surface area contributed by atoms with Gasteiger partial charge in [0, 0.05) is 0 Å². The Morgan fingerprint density at radius 2 is 1.50 bits per heavy atom. The highest BCUT2D eigenvalue weighted by Gasteiger charge is 2.41. The summed E-state index contributed by atoms with van der Waals surface area (Å²) in [6.45, 7) is 3.81. The normalized spacial score (nSPS) is 24.1. The van der Waals surface area contributed by atoms with E-state index >= 15 is 0 Å². The Morgan fingerprint density at radius 3 is 1.90 bits per heavy atom. The van der Waals surface area contributed by atoms with E-state index in [0.717, 1.165) is 5.56 Å². The van der Waals surface area contributed by atoms with Gasteiger partial charge in [0.2, 0.25) is 0 Å². The topological polar surface area (TPSA) is 38.3 Å².